The highest BCUT2D eigenvalue weighted by Crippen LogP contribution is 2.28. The zero-order chi connectivity index (χ0) is 16.2. The summed E-state index contributed by atoms with van der Waals surface area (Å²) in [6.07, 6.45) is 4.73. The van der Waals surface area contributed by atoms with E-state index in [9.17, 15) is 4.79 Å². The van der Waals surface area contributed by atoms with Crippen LogP contribution in [0, 0.1) is 0 Å². The third-order valence-electron chi connectivity index (χ3n) is 3.90. The van der Waals surface area contributed by atoms with Gasteiger partial charge in [-0.25, -0.2) is 9.97 Å². The molecule has 2 aromatic rings. The maximum atomic E-state index is 12.6. The molecule has 3 rings (SSSR count). The summed E-state index contributed by atoms with van der Waals surface area (Å²) in [7, 11) is 3.17. The number of amides is 1. The molecule has 0 N–H and O–H groups in total. The van der Waals surface area contributed by atoms with E-state index in [0.717, 1.165) is 12.8 Å². The number of pyridine rings is 1. The predicted octanol–water partition coefficient (Wildman–Crippen LogP) is 2.25. The molecule has 7 heteroatoms. The summed E-state index contributed by atoms with van der Waals surface area (Å²) in [4.78, 5) is 22.6. The Morgan fingerprint density at radius 3 is 2.91 bits per heavy atom. The maximum Gasteiger partial charge on any atom is 0.281 e. The molecule has 1 saturated heterocycles. The lowest BCUT2D eigenvalue weighted by atomic mass is 10.0. The van der Waals surface area contributed by atoms with Crippen molar-refractivity contribution in [3.8, 4) is 5.75 Å². The van der Waals surface area contributed by atoms with Crippen LogP contribution in [-0.2, 0) is 4.74 Å². The quantitative estimate of drug-likeness (QED) is 0.860. The molecule has 0 aliphatic carbocycles. The van der Waals surface area contributed by atoms with Crippen LogP contribution in [0.3, 0.4) is 0 Å². The Bertz CT molecular complexity index is 679. The summed E-state index contributed by atoms with van der Waals surface area (Å²) in [5.41, 5.74) is 0.265. The molecule has 1 aliphatic heterocycles. The van der Waals surface area contributed by atoms with Crippen LogP contribution in [0.15, 0.2) is 29.0 Å². The SMILES string of the molecule is COc1cccnc1N(C)C(=O)c1coc(C2CCOCC2)n1. The molecule has 0 spiro atoms. The summed E-state index contributed by atoms with van der Waals surface area (Å²) in [6.45, 7) is 1.39. The van der Waals surface area contributed by atoms with Crippen molar-refractivity contribution in [2.75, 3.05) is 32.3 Å². The Balaban J connectivity index is 1.78. The van der Waals surface area contributed by atoms with E-state index in [1.807, 2.05) is 0 Å². The molecule has 122 valence electrons. The van der Waals surface area contributed by atoms with Crippen LogP contribution >= 0.6 is 0 Å². The van der Waals surface area contributed by atoms with Gasteiger partial charge < -0.3 is 13.9 Å². The first-order valence-corrected chi connectivity index (χ1v) is 7.51. The zero-order valence-corrected chi connectivity index (χ0v) is 13.2. The minimum Gasteiger partial charge on any atom is -0.493 e. The van der Waals surface area contributed by atoms with Gasteiger partial charge in [0.15, 0.2) is 23.2 Å². The molecule has 0 unspecified atom stereocenters. The van der Waals surface area contributed by atoms with Crippen LogP contribution in [-0.4, -0.2) is 43.2 Å². The van der Waals surface area contributed by atoms with Gasteiger partial charge in [-0.15, -0.1) is 0 Å². The minimum absolute atomic E-state index is 0.208. The number of hydrogen-bond acceptors (Lipinski definition) is 6. The number of carbonyl (C=O) groups is 1. The summed E-state index contributed by atoms with van der Waals surface area (Å²) in [6, 6.07) is 3.50. The van der Waals surface area contributed by atoms with Gasteiger partial charge in [-0.1, -0.05) is 0 Å². The van der Waals surface area contributed by atoms with Crippen molar-refractivity contribution in [3.63, 3.8) is 0 Å². The lowest BCUT2D eigenvalue weighted by Crippen LogP contribution is -2.28. The average molecular weight is 317 g/mol. The van der Waals surface area contributed by atoms with Crippen LogP contribution in [0.1, 0.15) is 35.1 Å². The van der Waals surface area contributed by atoms with Gasteiger partial charge in [-0.05, 0) is 25.0 Å². The Kier molecular flexibility index (Phi) is 4.57. The number of ether oxygens (including phenoxy) is 2. The van der Waals surface area contributed by atoms with Crippen molar-refractivity contribution in [2.24, 2.45) is 0 Å². The molecular weight excluding hydrogens is 298 g/mol. The summed E-state index contributed by atoms with van der Waals surface area (Å²) in [5, 5.41) is 0. The van der Waals surface area contributed by atoms with Gasteiger partial charge in [-0.2, -0.15) is 0 Å². The standard InChI is InChI=1S/C16H19N3O4/c1-19(14-13(21-2)4-3-7-17-14)16(20)12-10-23-15(18-12)11-5-8-22-9-6-11/h3-4,7,10-11H,5-6,8-9H2,1-2H3. The lowest BCUT2D eigenvalue weighted by Gasteiger charge is -2.19. The molecule has 0 saturated carbocycles. The molecule has 0 atom stereocenters. The lowest BCUT2D eigenvalue weighted by molar-refractivity contribution is 0.0794. The van der Waals surface area contributed by atoms with Crippen molar-refractivity contribution in [2.45, 2.75) is 18.8 Å². The number of rotatable bonds is 4. The van der Waals surface area contributed by atoms with Crippen LogP contribution in [0.2, 0.25) is 0 Å². The fourth-order valence-electron chi connectivity index (χ4n) is 2.58. The van der Waals surface area contributed by atoms with Crippen LogP contribution in [0.25, 0.3) is 0 Å². The third kappa shape index (κ3) is 3.19. The second-order valence-corrected chi connectivity index (χ2v) is 5.35. The van der Waals surface area contributed by atoms with Gasteiger partial charge >= 0.3 is 0 Å². The van der Waals surface area contributed by atoms with E-state index in [1.54, 1.807) is 25.4 Å². The number of anilines is 1. The summed E-state index contributed by atoms with van der Waals surface area (Å²) < 4.78 is 16.1. The molecule has 0 radical (unpaired) electrons. The van der Waals surface area contributed by atoms with Crippen LogP contribution in [0.4, 0.5) is 5.82 Å². The van der Waals surface area contributed by atoms with Gasteiger partial charge in [0.25, 0.3) is 5.91 Å². The number of aromatic nitrogens is 2. The van der Waals surface area contributed by atoms with E-state index < -0.39 is 0 Å². The van der Waals surface area contributed by atoms with Crippen molar-refractivity contribution in [1.82, 2.24) is 9.97 Å². The van der Waals surface area contributed by atoms with E-state index in [2.05, 4.69) is 9.97 Å². The number of nitrogens with zero attached hydrogens (tertiary/aromatic N) is 3. The largest absolute Gasteiger partial charge is 0.493 e. The summed E-state index contributed by atoms with van der Waals surface area (Å²) in [5.74, 6) is 1.48. The van der Waals surface area contributed by atoms with Crippen molar-refractivity contribution < 1.29 is 18.7 Å². The van der Waals surface area contributed by atoms with Gasteiger partial charge in [-0.3, -0.25) is 9.69 Å². The van der Waals surface area contributed by atoms with Crippen molar-refractivity contribution in [3.05, 3.63) is 36.2 Å². The Morgan fingerprint density at radius 1 is 1.39 bits per heavy atom. The molecule has 23 heavy (non-hydrogen) atoms. The van der Waals surface area contributed by atoms with E-state index in [1.165, 1.54) is 18.3 Å². The molecule has 2 aromatic heterocycles. The van der Waals surface area contributed by atoms with Crippen molar-refractivity contribution in [1.29, 1.82) is 0 Å². The first kappa shape index (κ1) is 15.5. The molecule has 1 fully saturated rings. The zero-order valence-electron chi connectivity index (χ0n) is 13.2. The number of carbonyl (C=O) groups excluding carboxylic acids is 1. The fourth-order valence-corrected chi connectivity index (χ4v) is 2.58. The number of hydrogen-bond donors (Lipinski definition) is 0. The fraction of sp³-hybridized carbons (Fsp3) is 0.438. The van der Waals surface area contributed by atoms with E-state index in [0.29, 0.717) is 30.7 Å². The maximum absolute atomic E-state index is 12.6. The molecular formula is C16H19N3O4. The normalized spacial score (nSPS) is 15.4. The smallest absolute Gasteiger partial charge is 0.281 e. The van der Waals surface area contributed by atoms with Gasteiger partial charge in [0.1, 0.15) is 6.26 Å². The van der Waals surface area contributed by atoms with Gasteiger partial charge in [0.2, 0.25) is 0 Å². The van der Waals surface area contributed by atoms with E-state index >= 15 is 0 Å². The number of methoxy groups -OCH3 is 1. The van der Waals surface area contributed by atoms with Crippen molar-refractivity contribution >= 4 is 11.7 Å². The average Bonchev–Trinajstić information content (AvgIpc) is 3.11. The monoisotopic (exact) mass is 317 g/mol. The van der Waals surface area contributed by atoms with E-state index in [-0.39, 0.29) is 17.5 Å². The highest BCUT2D eigenvalue weighted by molar-refractivity contribution is 6.04. The summed E-state index contributed by atoms with van der Waals surface area (Å²) >= 11 is 0. The van der Waals surface area contributed by atoms with Crippen LogP contribution < -0.4 is 9.64 Å². The molecule has 1 aliphatic rings. The first-order valence-electron chi connectivity index (χ1n) is 7.51. The second-order valence-electron chi connectivity index (χ2n) is 5.35. The number of oxazole rings is 1. The second kappa shape index (κ2) is 6.78. The Hall–Kier alpha value is -2.41. The van der Waals surface area contributed by atoms with Crippen LogP contribution in [0.5, 0.6) is 5.75 Å². The topological polar surface area (TPSA) is 77.7 Å². The minimum atomic E-state index is -0.288. The Labute approximate surface area is 134 Å². The Morgan fingerprint density at radius 2 is 2.17 bits per heavy atom. The molecule has 0 bridgehead atoms. The predicted molar refractivity (Wildman–Crippen MR) is 82.8 cm³/mol. The molecule has 1 amide bonds. The van der Waals surface area contributed by atoms with Gasteiger partial charge in [0, 0.05) is 32.4 Å². The third-order valence-corrected chi connectivity index (χ3v) is 3.90. The molecule has 3 heterocycles. The van der Waals surface area contributed by atoms with Gasteiger partial charge in [0.05, 0.1) is 7.11 Å². The highest BCUT2D eigenvalue weighted by Gasteiger charge is 2.25. The first-order chi connectivity index (χ1) is 11.2. The molecule has 0 aromatic carbocycles. The highest BCUT2D eigenvalue weighted by atomic mass is 16.5. The van der Waals surface area contributed by atoms with E-state index in [4.69, 9.17) is 13.9 Å². The molecule has 7 nitrogen and oxygen atoms in total.